The summed E-state index contributed by atoms with van der Waals surface area (Å²) in [6, 6.07) is 4.49. The molecular formula is C13H22N2O3S. The first kappa shape index (κ1) is 15.8. The first-order valence-electron chi connectivity index (χ1n) is 6.13. The van der Waals surface area contributed by atoms with E-state index >= 15 is 0 Å². The standard InChI is InChI=1S/C13H22N2O3S/c1-9(2)10(3)15(4)19(16,17)13-8-11(14)6-7-12(13)18-5/h6-10H,14H2,1-5H3. The minimum atomic E-state index is -3.62. The first-order valence-corrected chi connectivity index (χ1v) is 7.57. The van der Waals surface area contributed by atoms with Crippen LogP contribution >= 0.6 is 0 Å². The molecule has 0 aliphatic rings. The zero-order valence-electron chi connectivity index (χ0n) is 12.0. The molecule has 1 rings (SSSR count). The predicted octanol–water partition coefficient (Wildman–Crippen LogP) is 1.94. The van der Waals surface area contributed by atoms with Crippen LogP contribution in [0.4, 0.5) is 5.69 Å². The van der Waals surface area contributed by atoms with Crippen molar-refractivity contribution in [1.29, 1.82) is 0 Å². The van der Waals surface area contributed by atoms with E-state index in [-0.39, 0.29) is 16.9 Å². The molecule has 0 aliphatic carbocycles. The molecule has 5 nitrogen and oxygen atoms in total. The third kappa shape index (κ3) is 3.19. The van der Waals surface area contributed by atoms with E-state index in [1.165, 1.54) is 17.5 Å². The third-order valence-electron chi connectivity index (χ3n) is 3.38. The predicted molar refractivity (Wildman–Crippen MR) is 76.7 cm³/mol. The lowest BCUT2D eigenvalue weighted by atomic mass is 10.1. The summed E-state index contributed by atoms with van der Waals surface area (Å²) in [5.74, 6) is 0.517. The lowest BCUT2D eigenvalue weighted by Gasteiger charge is -2.27. The Labute approximate surface area is 115 Å². The van der Waals surface area contributed by atoms with Crippen molar-refractivity contribution in [2.75, 3.05) is 19.9 Å². The fourth-order valence-electron chi connectivity index (χ4n) is 1.69. The molecule has 1 unspecified atom stereocenters. The zero-order chi connectivity index (χ0) is 14.8. The van der Waals surface area contributed by atoms with Gasteiger partial charge in [0.15, 0.2) is 0 Å². The Bertz CT molecular complexity index is 541. The van der Waals surface area contributed by atoms with Gasteiger partial charge in [-0.05, 0) is 31.0 Å². The van der Waals surface area contributed by atoms with E-state index in [9.17, 15) is 8.42 Å². The average molecular weight is 286 g/mol. The van der Waals surface area contributed by atoms with Crippen LogP contribution in [0.15, 0.2) is 23.1 Å². The summed E-state index contributed by atoms with van der Waals surface area (Å²) in [5, 5.41) is 0. The second kappa shape index (κ2) is 5.79. The van der Waals surface area contributed by atoms with E-state index in [0.29, 0.717) is 11.4 Å². The molecule has 0 spiro atoms. The van der Waals surface area contributed by atoms with Gasteiger partial charge in [-0.1, -0.05) is 13.8 Å². The van der Waals surface area contributed by atoms with Crippen LogP contribution in [0, 0.1) is 5.92 Å². The molecule has 1 aromatic carbocycles. The molecule has 0 amide bonds. The van der Waals surface area contributed by atoms with Crippen molar-refractivity contribution < 1.29 is 13.2 Å². The molecule has 0 aromatic heterocycles. The topological polar surface area (TPSA) is 72.6 Å². The van der Waals surface area contributed by atoms with Gasteiger partial charge in [-0.2, -0.15) is 4.31 Å². The SMILES string of the molecule is COc1ccc(N)cc1S(=O)(=O)N(C)C(C)C(C)C. The first-order chi connectivity index (χ1) is 8.71. The number of nitrogens with two attached hydrogens (primary N) is 1. The van der Waals surface area contributed by atoms with Gasteiger partial charge >= 0.3 is 0 Å². The second-order valence-corrected chi connectivity index (χ2v) is 6.88. The van der Waals surface area contributed by atoms with Crippen LogP contribution in [0.25, 0.3) is 0 Å². The van der Waals surface area contributed by atoms with E-state index in [4.69, 9.17) is 10.5 Å². The maximum atomic E-state index is 12.6. The molecule has 19 heavy (non-hydrogen) atoms. The Balaban J connectivity index is 3.31. The van der Waals surface area contributed by atoms with Crippen molar-refractivity contribution in [2.45, 2.75) is 31.7 Å². The number of methoxy groups -OCH3 is 1. The van der Waals surface area contributed by atoms with Crippen molar-refractivity contribution in [3.63, 3.8) is 0 Å². The van der Waals surface area contributed by atoms with Crippen molar-refractivity contribution >= 4 is 15.7 Å². The highest BCUT2D eigenvalue weighted by molar-refractivity contribution is 7.89. The Kier molecular flexibility index (Phi) is 4.81. The highest BCUT2D eigenvalue weighted by atomic mass is 32.2. The lowest BCUT2D eigenvalue weighted by Crippen LogP contribution is -2.38. The largest absolute Gasteiger partial charge is 0.495 e. The molecule has 0 saturated heterocycles. The molecule has 0 bridgehead atoms. The summed E-state index contributed by atoms with van der Waals surface area (Å²) in [5.41, 5.74) is 6.07. The van der Waals surface area contributed by atoms with Crippen molar-refractivity contribution in [3.05, 3.63) is 18.2 Å². The molecular weight excluding hydrogens is 264 g/mol. The van der Waals surface area contributed by atoms with Crippen LogP contribution in [0.2, 0.25) is 0 Å². The second-order valence-electron chi connectivity index (χ2n) is 4.92. The minimum absolute atomic E-state index is 0.102. The summed E-state index contributed by atoms with van der Waals surface area (Å²) in [7, 11) is -0.607. The van der Waals surface area contributed by atoms with Gasteiger partial charge in [0.25, 0.3) is 0 Å². The van der Waals surface area contributed by atoms with Gasteiger partial charge in [-0.15, -0.1) is 0 Å². The number of hydrogen-bond donors (Lipinski definition) is 1. The average Bonchev–Trinajstić information content (AvgIpc) is 2.36. The number of sulfonamides is 1. The van der Waals surface area contributed by atoms with Crippen LogP contribution in [0.1, 0.15) is 20.8 Å². The van der Waals surface area contributed by atoms with Gasteiger partial charge in [0.2, 0.25) is 10.0 Å². The smallest absolute Gasteiger partial charge is 0.246 e. The van der Waals surface area contributed by atoms with Crippen molar-refractivity contribution in [1.82, 2.24) is 4.31 Å². The van der Waals surface area contributed by atoms with E-state index in [2.05, 4.69) is 0 Å². The van der Waals surface area contributed by atoms with Crippen LogP contribution in [0.5, 0.6) is 5.75 Å². The third-order valence-corrected chi connectivity index (χ3v) is 5.35. The molecule has 0 heterocycles. The van der Waals surface area contributed by atoms with Gasteiger partial charge in [-0.3, -0.25) is 0 Å². The van der Waals surface area contributed by atoms with Crippen molar-refractivity contribution in [3.8, 4) is 5.75 Å². The Hall–Kier alpha value is -1.27. The number of nitrogens with zero attached hydrogens (tertiary/aromatic N) is 1. The molecule has 1 aromatic rings. The Morgan fingerprint density at radius 1 is 1.26 bits per heavy atom. The van der Waals surface area contributed by atoms with Gasteiger partial charge in [0, 0.05) is 18.8 Å². The van der Waals surface area contributed by atoms with Crippen LogP contribution < -0.4 is 10.5 Å². The van der Waals surface area contributed by atoms with E-state index in [1.54, 1.807) is 19.2 Å². The molecule has 0 saturated carbocycles. The lowest BCUT2D eigenvalue weighted by molar-refractivity contribution is 0.313. The number of ether oxygens (including phenoxy) is 1. The maximum absolute atomic E-state index is 12.6. The van der Waals surface area contributed by atoms with Gasteiger partial charge in [-0.25, -0.2) is 8.42 Å². The fraction of sp³-hybridized carbons (Fsp3) is 0.538. The fourth-order valence-corrected chi connectivity index (χ4v) is 3.37. The highest BCUT2D eigenvalue weighted by Gasteiger charge is 2.29. The summed E-state index contributed by atoms with van der Waals surface area (Å²) in [6.45, 7) is 5.83. The van der Waals surface area contributed by atoms with Gasteiger partial charge in [0.1, 0.15) is 10.6 Å². The van der Waals surface area contributed by atoms with Crippen molar-refractivity contribution in [2.24, 2.45) is 5.92 Å². The highest BCUT2D eigenvalue weighted by Crippen LogP contribution is 2.29. The summed E-state index contributed by atoms with van der Waals surface area (Å²) in [4.78, 5) is 0.102. The number of benzene rings is 1. The quantitative estimate of drug-likeness (QED) is 0.840. The van der Waals surface area contributed by atoms with Crippen LogP contribution in [-0.4, -0.2) is 32.9 Å². The molecule has 2 N–H and O–H groups in total. The number of nitrogen functional groups attached to an aromatic ring is 1. The normalized spacial score (nSPS) is 13.8. The monoisotopic (exact) mass is 286 g/mol. The van der Waals surface area contributed by atoms with E-state index < -0.39 is 10.0 Å². The zero-order valence-corrected chi connectivity index (χ0v) is 12.9. The molecule has 0 radical (unpaired) electrons. The molecule has 0 fully saturated rings. The van der Waals surface area contributed by atoms with Gasteiger partial charge < -0.3 is 10.5 Å². The summed E-state index contributed by atoms with van der Waals surface area (Å²) >= 11 is 0. The van der Waals surface area contributed by atoms with Gasteiger partial charge in [0.05, 0.1) is 7.11 Å². The Morgan fingerprint density at radius 3 is 2.32 bits per heavy atom. The summed E-state index contributed by atoms with van der Waals surface area (Å²) in [6.07, 6.45) is 0. The Morgan fingerprint density at radius 2 is 1.84 bits per heavy atom. The molecule has 6 heteroatoms. The van der Waals surface area contributed by atoms with Crippen LogP contribution in [-0.2, 0) is 10.0 Å². The van der Waals surface area contributed by atoms with E-state index in [0.717, 1.165) is 0 Å². The number of hydrogen-bond acceptors (Lipinski definition) is 4. The number of rotatable bonds is 5. The number of anilines is 1. The maximum Gasteiger partial charge on any atom is 0.246 e. The molecule has 108 valence electrons. The van der Waals surface area contributed by atoms with Crippen LogP contribution in [0.3, 0.4) is 0 Å². The molecule has 1 atom stereocenters. The van der Waals surface area contributed by atoms with E-state index in [1.807, 2.05) is 20.8 Å². The minimum Gasteiger partial charge on any atom is -0.495 e. The molecule has 0 aliphatic heterocycles. The summed E-state index contributed by atoms with van der Waals surface area (Å²) < 4.78 is 31.7.